The van der Waals surface area contributed by atoms with Crippen LogP contribution in [0.2, 0.25) is 0 Å². The third-order valence-electron chi connectivity index (χ3n) is 6.86. The van der Waals surface area contributed by atoms with Crippen molar-refractivity contribution < 1.29 is 14.7 Å². The summed E-state index contributed by atoms with van der Waals surface area (Å²) in [5.41, 5.74) is 7.46. The fourth-order valence-electron chi connectivity index (χ4n) is 4.99. The summed E-state index contributed by atoms with van der Waals surface area (Å²) < 4.78 is 0. The minimum atomic E-state index is -0.852. The van der Waals surface area contributed by atoms with E-state index < -0.39 is 5.97 Å². The number of amides is 1. The summed E-state index contributed by atoms with van der Waals surface area (Å²) in [7, 11) is 1.82. The number of hydrogen-bond acceptors (Lipinski definition) is 4. The summed E-state index contributed by atoms with van der Waals surface area (Å²) in [5, 5.41) is 12.9. The van der Waals surface area contributed by atoms with Crippen LogP contribution in [0, 0.1) is 0 Å². The van der Waals surface area contributed by atoms with Gasteiger partial charge in [0.15, 0.2) is 0 Å². The molecule has 0 aliphatic carbocycles. The molecular weight excluding hydrogens is 476 g/mol. The number of aromatic nitrogens is 1. The lowest BCUT2D eigenvalue weighted by Crippen LogP contribution is -2.55. The summed E-state index contributed by atoms with van der Waals surface area (Å²) in [5.74, 6) is -0.894. The number of fused-ring (bicyclic) bond motifs is 1. The molecule has 0 spiro atoms. The molecule has 0 bridgehead atoms. The van der Waals surface area contributed by atoms with E-state index in [0.29, 0.717) is 31.5 Å². The molecule has 0 fully saturated rings. The van der Waals surface area contributed by atoms with Gasteiger partial charge in [-0.05, 0) is 42.2 Å². The van der Waals surface area contributed by atoms with Crippen LogP contribution in [0.3, 0.4) is 0 Å². The number of nitrogens with one attached hydrogen (secondary N) is 2. The van der Waals surface area contributed by atoms with Crippen molar-refractivity contribution in [2.45, 2.75) is 38.3 Å². The van der Waals surface area contributed by atoms with Crippen molar-refractivity contribution in [1.29, 1.82) is 0 Å². The summed E-state index contributed by atoms with van der Waals surface area (Å²) in [6.45, 7) is 3.18. The van der Waals surface area contributed by atoms with Gasteiger partial charge < -0.3 is 15.0 Å². The number of hydrogen-bond donors (Lipinski definition) is 3. The predicted molar refractivity (Wildman–Crippen MR) is 151 cm³/mol. The second kappa shape index (κ2) is 13.0. The smallest absolute Gasteiger partial charge is 0.304 e. The molecule has 0 saturated heterocycles. The van der Waals surface area contributed by atoms with Gasteiger partial charge in [-0.25, -0.2) is 5.01 Å². The summed E-state index contributed by atoms with van der Waals surface area (Å²) in [4.78, 5) is 30.0. The normalized spacial score (nSPS) is 12.9. The lowest BCUT2D eigenvalue weighted by molar-refractivity contribution is -0.138. The second-order valence-electron chi connectivity index (χ2n) is 9.67. The Hall–Kier alpha value is -3.94. The van der Waals surface area contributed by atoms with Crippen molar-refractivity contribution in [2.75, 3.05) is 20.1 Å². The van der Waals surface area contributed by atoms with Gasteiger partial charge in [0.25, 0.3) is 5.91 Å². The number of carbonyl (C=O) groups excluding carboxylic acids is 1. The van der Waals surface area contributed by atoms with Crippen LogP contribution in [0.25, 0.3) is 10.9 Å². The molecule has 4 rings (SSSR count). The largest absolute Gasteiger partial charge is 0.481 e. The number of benzene rings is 3. The molecule has 1 unspecified atom stereocenters. The zero-order chi connectivity index (χ0) is 26.9. The van der Waals surface area contributed by atoms with E-state index in [2.05, 4.69) is 33.6 Å². The van der Waals surface area contributed by atoms with Crippen molar-refractivity contribution in [1.82, 2.24) is 20.3 Å². The number of hydrazine groups is 1. The fourth-order valence-corrected chi connectivity index (χ4v) is 4.99. The van der Waals surface area contributed by atoms with Crippen LogP contribution in [-0.2, 0) is 17.6 Å². The molecule has 3 N–H and O–H groups in total. The molecule has 3 aromatic carbocycles. The van der Waals surface area contributed by atoms with Gasteiger partial charge in [0.05, 0.1) is 6.42 Å². The SMILES string of the molecule is CCN(N[C@H](CC(=O)O)Cc1c[nH]c2ccccc12)C(Cc1ccccc1)CN(C)C(=O)c1ccccc1. The Morgan fingerprint density at radius 1 is 0.921 bits per heavy atom. The Kier molecular flexibility index (Phi) is 9.30. The molecule has 7 nitrogen and oxygen atoms in total. The van der Waals surface area contributed by atoms with E-state index >= 15 is 0 Å². The molecule has 0 aliphatic rings. The second-order valence-corrected chi connectivity index (χ2v) is 9.67. The molecule has 7 heteroatoms. The number of likely N-dealkylation sites (N-methyl/N-ethyl adjacent to an activating group) is 2. The topological polar surface area (TPSA) is 88.7 Å². The molecule has 4 aromatic rings. The van der Waals surface area contributed by atoms with E-state index in [1.54, 1.807) is 4.90 Å². The number of aliphatic carboxylic acids is 1. The molecule has 38 heavy (non-hydrogen) atoms. The van der Waals surface area contributed by atoms with Gasteiger partial charge in [0, 0.05) is 54.9 Å². The fraction of sp³-hybridized carbons (Fsp3) is 0.290. The van der Waals surface area contributed by atoms with E-state index in [9.17, 15) is 14.7 Å². The van der Waals surface area contributed by atoms with Gasteiger partial charge in [0.1, 0.15) is 0 Å². The lowest BCUT2D eigenvalue weighted by Gasteiger charge is -2.36. The number of carboxylic acid groups (broad SMARTS) is 1. The number of para-hydroxylation sites is 1. The Morgan fingerprint density at radius 3 is 2.26 bits per heavy atom. The van der Waals surface area contributed by atoms with Crippen molar-refractivity contribution in [3.8, 4) is 0 Å². The maximum Gasteiger partial charge on any atom is 0.304 e. The van der Waals surface area contributed by atoms with E-state index in [1.165, 1.54) is 0 Å². The minimum absolute atomic E-state index is 0.0210. The number of aromatic amines is 1. The first-order valence-electron chi connectivity index (χ1n) is 13.1. The van der Waals surface area contributed by atoms with Crippen LogP contribution in [0.5, 0.6) is 0 Å². The minimum Gasteiger partial charge on any atom is -0.481 e. The van der Waals surface area contributed by atoms with Crippen LogP contribution in [0.4, 0.5) is 0 Å². The molecule has 2 atom stereocenters. The highest BCUT2D eigenvalue weighted by Crippen LogP contribution is 2.21. The standard InChI is InChI=1S/C31H36N4O3/c1-3-35(33-26(20-30(36)37)19-25-21-32-29-17-11-10-16-28(25)29)27(18-23-12-6-4-7-13-23)22-34(2)31(38)24-14-8-5-9-15-24/h4-17,21,26-27,32-33H,3,18-20,22H2,1-2H3,(H,36,37)/t26-,27?/m0/s1. The Balaban J connectivity index is 1.56. The maximum absolute atomic E-state index is 13.2. The molecule has 0 radical (unpaired) electrons. The Morgan fingerprint density at radius 2 is 1.58 bits per heavy atom. The van der Waals surface area contributed by atoms with Crippen molar-refractivity contribution in [2.24, 2.45) is 0 Å². The first-order valence-corrected chi connectivity index (χ1v) is 13.1. The summed E-state index contributed by atoms with van der Waals surface area (Å²) in [6.07, 6.45) is 3.21. The highest BCUT2D eigenvalue weighted by Gasteiger charge is 2.26. The predicted octanol–water partition coefficient (Wildman–Crippen LogP) is 4.76. The molecule has 1 aromatic heterocycles. The van der Waals surface area contributed by atoms with Crippen LogP contribution in [-0.4, -0.2) is 64.1 Å². The third kappa shape index (κ3) is 7.09. The van der Waals surface area contributed by atoms with Gasteiger partial charge >= 0.3 is 5.97 Å². The Labute approximate surface area is 224 Å². The van der Waals surface area contributed by atoms with Gasteiger partial charge in [0.2, 0.25) is 0 Å². The number of H-pyrrole nitrogens is 1. The number of rotatable bonds is 13. The van der Waals surface area contributed by atoms with Crippen LogP contribution >= 0.6 is 0 Å². The van der Waals surface area contributed by atoms with Crippen molar-refractivity contribution >= 4 is 22.8 Å². The van der Waals surface area contributed by atoms with E-state index in [-0.39, 0.29) is 24.4 Å². The van der Waals surface area contributed by atoms with Crippen LogP contribution < -0.4 is 5.43 Å². The molecule has 0 aliphatic heterocycles. The summed E-state index contributed by atoms with van der Waals surface area (Å²) >= 11 is 0. The average Bonchev–Trinajstić information content (AvgIpc) is 3.34. The molecule has 0 saturated carbocycles. The van der Waals surface area contributed by atoms with E-state index in [1.807, 2.05) is 86.9 Å². The van der Waals surface area contributed by atoms with E-state index in [4.69, 9.17) is 0 Å². The lowest BCUT2D eigenvalue weighted by atomic mass is 10.0. The monoisotopic (exact) mass is 512 g/mol. The van der Waals surface area contributed by atoms with Crippen molar-refractivity contribution in [3.63, 3.8) is 0 Å². The highest BCUT2D eigenvalue weighted by molar-refractivity contribution is 5.94. The first-order chi connectivity index (χ1) is 18.4. The average molecular weight is 513 g/mol. The molecule has 198 valence electrons. The zero-order valence-electron chi connectivity index (χ0n) is 22.0. The number of carbonyl (C=O) groups is 2. The van der Waals surface area contributed by atoms with E-state index in [0.717, 1.165) is 22.0 Å². The molecular formula is C31H36N4O3. The molecule has 1 amide bonds. The van der Waals surface area contributed by atoms with Gasteiger partial charge in [-0.3, -0.25) is 15.0 Å². The Bertz CT molecular complexity index is 1320. The summed E-state index contributed by atoms with van der Waals surface area (Å²) in [6, 6.07) is 27.1. The van der Waals surface area contributed by atoms with Gasteiger partial charge in [-0.2, -0.15) is 0 Å². The third-order valence-corrected chi connectivity index (χ3v) is 6.86. The van der Waals surface area contributed by atoms with Gasteiger partial charge in [-0.1, -0.05) is 73.7 Å². The molecule has 1 heterocycles. The zero-order valence-corrected chi connectivity index (χ0v) is 22.0. The number of nitrogens with zero attached hydrogens (tertiary/aromatic N) is 2. The highest BCUT2D eigenvalue weighted by atomic mass is 16.4. The number of carboxylic acids is 1. The quantitative estimate of drug-likeness (QED) is 0.225. The maximum atomic E-state index is 13.2. The van der Waals surface area contributed by atoms with Crippen LogP contribution in [0.15, 0.2) is 91.1 Å². The first kappa shape index (κ1) is 27.1. The van der Waals surface area contributed by atoms with Gasteiger partial charge in [-0.15, -0.1) is 0 Å². The van der Waals surface area contributed by atoms with Crippen LogP contribution in [0.1, 0.15) is 34.8 Å². The van der Waals surface area contributed by atoms with Crippen molar-refractivity contribution in [3.05, 3.63) is 108 Å².